The Morgan fingerprint density at radius 1 is 1.05 bits per heavy atom. The molecule has 2 aromatic carbocycles. The first kappa shape index (κ1) is 13.6. The molecule has 0 atom stereocenters. The zero-order chi connectivity index (χ0) is 14.8. The fourth-order valence-electron chi connectivity index (χ4n) is 2.50. The Labute approximate surface area is 124 Å². The Hall–Kier alpha value is -2.42. The van der Waals surface area contributed by atoms with Crippen molar-refractivity contribution in [1.82, 2.24) is 0 Å². The second-order valence-electron chi connectivity index (χ2n) is 5.53. The quantitative estimate of drug-likeness (QED) is 0.762. The smallest absolute Gasteiger partial charge is 0.133 e. The maximum Gasteiger partial charge on any atom is 0.133 e. The predicted octanol–water partition coefficient (Wildman–Crippen LogP) is 4.55. The van der Waals surface area contributed by atoms with Crippen molar-refractivity contribution >= 4 is 16.7 Å². The van der Waals surface area contributed by atoms with Gasteiger partial charge in [-0.2, -0.15) is 0 Å². The summed E-state index contributed by atoms with van der Waals surface area (Å²) in [5, 5.41) is 10.5. The van der Waals surface area contributed by atoms with Crippen LogP contribution in [-0.4, -0.2) is 11.1 Å². The number of nitrogens with zero attached hydrogens (tertiary/aromatic N) is 1. The normalized spacial score (nSPS) is 11.2. The molecule has 0 radical (unpaired) electrons. The van der Waals surface area contributed by atoms with E-state index in [1.807, 2.05) is 24.3 Å². The molecule has 0 saturated carbocycles. The van der Waals surface area contributed by atoms with E-state index in [4.69, 9.17) is 4.42 Å². The molecule has 0 aliphatic carbocycles. The topological polar surface area (TPSA) is 36.6 Å². The minimum Gasteiger partial charge on any atom is -0.508 e. The maximum absolute atomic E-state index is 9.39. The van der Waals surface area contributed by atoms with E-state index >= 15 is 0 Å². The third-order valence-corrected chi connectivity index (χ3v) is 3.68. The molecular formula is C18H19NO2. The van der Waals surface area contributed by atoms with Gasteiger partial charge in [-0.15, -0.1) is 0 Å². The summed E-state index contributed by atoms with van der Waals surface area (Å²) >= 11 is 0. The Morgan fingerprint density at radius 2 is 1.81 bits per heavy atom. The molecule has 1 aromatic heterocycles. The van der Waals surface area contributed by atoms with E-state index < -0.39 is 0 Å². The number of benzene rings is 2. The molecular weight excluding hydrogens is 262 g/mol. The number of hydrogen-bond donors (Lipinski definition) is 1. The van der Waals surface area contributed by atoms with Gasteiger partial charge in [-0.25, -0.2) is 0 Å². The lowest BCUT2D eigenvalue weighted by molar-refractivity contribution is 0.475. The third kappa shape index (κ3) is 2.87. The van der Waals surface area contributed by atoms with Crippen LogP contribution in [0.5, 0.6) is 5.75 Å². The fourth-order valence-corrected chi connectivity index (χ4v) is 2.50. The molecule has 3 nitrogen and oxygen atoms in total. The van der Waals surface area contributed by atoms with Crippen molar-refractivity contribution in [2.45, 2.75) is 26.4 Å². The number of fused-ring (bicyclic) bond motifs is 1. The average Bonchev–Trinajstić information content (AvgIpc) is 2.93. The first-order chi connectivity index (χ1) is 10.1. The van der Waals surface area contributed by atoms with Crippen LogP contribution in [0.25, 0.3) is 11.0 Å². The van der Waals surface area contributed by atoms with Crippen LogP contribution < -0.4 is 4.90 Å². The summed E-state index contributed by atoms with van der Waals surface area (Å²) < 4.78 is 5.40. The maximum atomic E-state index is 9.39. The highest BCUT2D eigenvalue weighted by Gasteiger charge is 2.12. The summed E-state index contributed by atoms with van der Waals surface area (Å²) in [5.41, 5.74) is 3.26. The van der Waals surface area contributed by atoms with Gasteiger partial charge >= 0.3 is 0 Å². The SMILES string of the molecule is CC(C)N(Cc1ccc(O)cc1)c1ccc2occc2c1. The van der Waals surface area contributed by atoms with E-state index in [-0.39, 0.29) is 0 Å². The van der Waals surface area contributed by atoms with E-state index in [0.29, 0.717) is 11.8 Å². The summed E-state index contributed by atoms with van der Waals surface area (Å²) in [4.78, 5) is 2.33. The van der Waals surface area contributed by atoms with E-state index in [2.05, 4.69) is 30.9 Å². The average molecular weight is 281 g/mol. The number of anilines is 1. The highest BCUT2D eigenvalue weighted by Crippen LogP contribution is 2.26. The van der Waals surface area contributed by atoms with Crippen LogP contribution in [0.4, 0.5) is 5.69 Å². The van der Waals surface area contributed by atoms with E-state index in [9.17, 15) is 5.11 Å². The number of rotatable bonds is 4. The summed E-state index contributed by atoms with van der Waals surface area (Å²) in [7, 11) is 0. The van der Waals surface area contributed by atoms with Crippen molar-refractivity contribution < 1.29 is 9.52 Å². The van der Waals surface area contributed by atoms with Gasteiger partial charge in [0.1, 0.15) is 11.3 Å². The molecule has 3 aromatic rings. The molecule has 3 rings (SSSR count). The highest BCUT2D eigenvalue weighted by molar-refractivity contribution is 5.81. The van der Waals surface area contributed by atoms with Crippen LogP contribution in [0, 0.1) is 0 Å². The van der Waals surface area contributed by atoms with Crippen LogP contribution in [0.3, 0.4) is 0 Å². The lowest BCUT2D eigenvalue weighted by atomic mass is 10.1. The molecule has 0 fully saturated rings. The van der Waals surface area contributed by atoms with Gasteiger partial charge in [0.15, 0.2) is 0 Å². The minimum atomic E-state index is 0.301. The molecule has 0 aliphatic rings. The molecule has 1 N–H and O–H groups in total. The molecule has 21 heavy (non-hydrogen) atoms. The number of phenolic OH excluding ortho intramolecular Hbond substituents is 1. The van der Waals surface area contributed by atoms with Gasteiger partial charge in [0.05, 0.1) is 6.26 Å². The lowest BCUT2D eigenvalue weighted by Crippen LogP contribution is -2.30. The van der Waals surface area contributed by atoms with E-state index in [0.717, 1.165) is 17.5 Å². The van der Waals surface area contributed by atoms with Crippen LogP contribution in [-0.2, 0) is 6.54 Å². The summed E-state index contributed by atoms with van der Waals surface area (Å²) in [6.45, 7) is 5.17. The van der Waals surface area contributed by atoms with Crippen LogP contribution in [0.2, 0.25) is 0 Å². The van der Waals surface area contributed by atoms with Gasteiger partial charge in [-0.3, -0.25) is 0 Å². The van der Waals surface area contributed by atoms with Gasteiger partial charge < -0.3 is 14.4 Å². The molecule has 108 valence electrons. The zero-order valence-corrected chi connectivity index (χ0v) is 12.3. The summed E-state index contributed by atoms with van der Waals surface area (Å²) in [6, 6.07) is 16.0. The molecule has 0 bridgehead atoms. The van der Waals surface area contributed by atoms with Crippen molar-refractivity contribution in [3.05, 3.63) is 60.4 Å². The molecule has 0 amide bonds. The molecule has 1 heterocycles. The van der Waals surface area contributed by atoms with E-state index in [1.54, 1.807) is 18.4 Å². The fraction of sp³-hybridized carbons (Fsp3) is 0.222. The first-order valence-corrected chi connectivity index (χ1v) is 7.15. The van der Waals surface area contributed by atoms with Crippen molar-refractivity contribution in [2.75, 3.05) is 4.90 Å². The second-order valence-corrected chi connectivity index (χ2v) is 5.53. The number of aromatic hydroxyl groups is 1. The van der Waals surface area contributed by atoms with Gasteiger partial charge in [0.2, 0.25) is 0 Å². The number of furan rings is 1. The third-order valence-electron chi connectivity index (χ3n) is 3.68. The second kappa shape index (κ2) is 5.52. The Morgan fingerprint density at radius 3 is 2.52 bits per heavy atom. The monoisotopic (exact) mass is 281 g/mol. The molecule has 0 saturated heterocycles. The van der Waals surface area contributed by atoms with E-state index in [1.165, 1.54) is 11.3 Å². The van der Waals surface area contributed by atoms with Crippen LogP contribution in [0.1, 0.15) is 19.4 Å². The standard InChI is InChI=1S/C18H19NO2/c1-13(2)19(12-14-3-6-17(20)7-4-14)16-5-8-18-15(11-16)9-10-21-18/h3-11,13,20H,12H2,1-2H3. The highest BCUT2D eigenvalue weighted by atomic mass is 16.3. The van der Waals surface area contributed by atoms with Gasteiger partial charge in [0, 0.05) is 23.7 Å². The van der Waals surface area contributed by atoms with Crippen molar-refractivity contribution in [1.29, 1.82) is 0 Å². The molecule has 0 spiro atoms. The zero-order valence-electron chi connectivity index (χ0n) is 12.3. The predicted molar refractivity (Wildman–Crippen MR) is 85.6 cm³/mol. The van der Waals surface area contributed by atoms with Gasteiger partial charge in [-0.05, 0) is 55.8 Å². The largest absolute Gasteiger partial charge is 0.508 e. The lowest BCUT2D eigenvalue weighted by Gasteiger charge is -2.29. The van der Waals surface area contributed by atoms with Gasteiger partial charge in [-0.1, -0.05) is 12.1 Å². The minimum absolute atomic E-state index is 0.301. The Kier molecular flexibility index (Phi) is 3.57. The Bertz CT molecular complexity index is 728. The molecule has 0 aliphatic heterocycles. The molecule has 3 heteroatoms. The van der Waals surface area contributed by atoms with Crippen molar-refractivity contribution in [3.8, 4) is 5.75 Å². The van der Waals surface area contributed by atoms with Crippen molar-refractivity contribution in [2.24, 2.45) is 0 Å². The first-order valence-electron chi connectivity index (χ1n) is 7.15. The summed E-state index contributed by atoms with van der Waals surface area (Å²) in [5.74, 6) is 0.301. The summed E-state index contributed by atoms with van der Waals surface area (Å²) in [6.07, 6.45) is 1.72. The van der Waals surface area contributed by atoms with Crippen LogP contribution in [0.15, 0.2) is 59.2 Å². The van der Waals surface area contributed by atoms with Crippen molar-refractivity contribution in [3.63, 3.8) is 0 Å². The number of phenols is 1. The molecule has 0 unspecified atom stereocenters. The number of hydrogen-bond acceptors (Lipinski definition) is 3. The Balaban J connectivity index is 1.91. The van der Waals surface area contributed by atoms with Crippen LogP contribution >= 0.6 is 0 Å². The van der Waals surface area contributed by atoms with Gasteiger partial charge in [0.25, 0.3) is 0 Å².